The van der Waals surface area contributed by atoms with Crippen molar-refractivity contribution in [3.05, 3.63) is 0 Å². The van der Waals surface area contributed by atoms with Gasteiger partial charge >= 0.3 is 5.97 Å². The van der Waals surface area contributed by atoms with Gasteiger partial charge in [-0.15, -0.1) is 0 Å². The summed E-state index contributed by atoms with van der Waals surface area (Å²) < 4.78 is 28.9. The molecule has 7 N–H and O–H groups in total. The van der Waals surface area contributed by atoms with Gasteiger partial charge in [-0.2, -0.15) is 4.72 Å². The van der Waals surface area contributed by atoms with Gasteiger partial charge in [0.25, 0.3) is 0 Å². The van der Waals surface area contributed by atoms with Crippen LogP contribution in [0.2, 0.25) is 0 Å². The number of nitrogens with one attached hydrogen (secondary N) is 2. The van der Waals surface area contributed by atoms with Crippen molar-refractivity contribution in [3.63, 3.8) is 0 Å². The number of hydrogen-bond donors (Lipinski definition) is 5. The van der Waals surface area contributed by atoms with Crippen molar-refractivity contribution in [3.8, 4) is 0 Å². The first-order valence-electron chi connectivity index (χ1n) is 7.04. The fourth-order valence-corrected chi connectivity index (χ4v) is 2.58. The van der Waals surface area contributed by atoms with Crippen molar-refractivity contribution in [2.75, 3.05) is 26.3 Å². The zero-order chi connectivity index (χ0) is 18.6. The fraction of sp³-hybridized carbons (Fsp3) is 0.727. The predicted molar refractivity (Wildman–Crippen MR) is 91.5 cm³/mol. The molecule has 0 aliphatic heterocycles. The molecule has 2 unspecified atom stereocenters. The molecule has 0 aliphatic carbocycles. The van der Waals surface area contributed by atoms with E-state index >= 15 is 0 Å². The van der Waals surface area contributed by atoms with Crippen LogP contribution in [0.25, 0.3) is 0 Å². The standard InChI is InChI=1S/C11H24N5O6PS/c12-11(13)14-4-2-1-3-5-22-7-9(17)15-6-8(10(18)19)16-24(20,21)23/h8,16H,1-7,23H2,(H,15,17)(H,18,19)(H4,12,13,14). The van der Waals surface area contributed by atoms with Gasteiger partial charge in [0, 0.05) is 28.1 Å². The van der Waals surface area contributed by atoms with E-state index < -0.39 is 27.6 Å². The molecular formula is C11H24N5O6PS. The number of nitrogens with two attached hydrogens (primary N) is 2. The number of amides is 1. The van der Waals surface area contributed by atoms with Gasteiger partial charge in [-0.25, -0.2) is 8.42 Å². The van der Waals surface area contributed by atoms with Crippen LogP contribution in [-0.4, -0.2) is 63.7 Å². The number of hydrogen-bond acceptors (Lipinski definition) is 6. The Labute approximate surface area is 142 Å². The molecule has 0 radical (unpaired) electrons. The van der Waals surface area contributed by atoms with E-state index in [1.54, 1.807) is 0 Å². The van der Waals surface area contributed by atoms with Crippen LogP contribution in [-0.2, 0) is 24.0 Å². The lowest BCUT2D eigenvalue weighted by molar-refractivity contribution is -0.139. The van der Waals surface area contributed by atoms with E-state index in [9.17, 15) is 18.0 Å². The van der Waals surface area contributed by atoms with Crippen LogP contribution >= 0.6 is 8.44 Å². The number of unbranched alkanes of at least 4 members (excludes halogenated alkanes) is 2. The molecule has 13 heteroatoms. The van der Waals surface area contributed by atoms with Crippen LogP contribution in [0.3, 0.4) is 0 Å². The summed E-state index contributed by atoms with van der Waals surface area (Å²) in [6.07, 6.45) is 2.34. The van der Waals surface area contributed by atoms with Gasteiger partial charge < -0.3 is 26.6 Å². The second-order valence-corrected chi connectivity index (χ2v) is 7.97. The Morgan fingerprint density at radius 1 is 1.25 bits per heavy atom. The maximum absolute atomic E-state index is 11.5. The summed E-state index contributed by atoms with van der Waals surface area (Å²) in [5, 5.41) is 11.1. The minimum Gasteiger partial charge on any atom is -0.480 e. The molecule has 0 bridgehead atoms. The summed E-state index contributed by atoms with van der Waals surface area (Å²) in [7, 11) is -2.30. The zero-order valence-electron chi connectivity index (χ0n) is 13.1. The Bertz CT molecular complexity index is 537. The number of carbonyl (C=O) groups excluding carboxylic acids is 1. The molecular weight excluding hydrogens is 361 g/mol. The molecule has 0 saturated carbocycles. The molecule has 2 atom stereocenters. The van der Waals surface area contributed by atoms with Crippen LogP contribution in [0.5, 0.6) is 0 Å². The molecule has 0 spiro atoms. The van der Waals surface area contributed by atoms with Gasteiger partial charge in [-0.05, 0) is 19.3 Å². The summed E-state index contributed by atoms with van der Waals surface area (Å²) in [5.74, 6) is -1.89. The summed E-state index contributed by atoms with van der Waals surface area (Å²) in [6, 6.07) is -1.45. The SMILES string of the molecule is NC(N)=NCCCCCOCC(=O)NCC(NS(=O)(=O)P)C(=O)O. The van der Waals surface area contributed by atoms with Crippen molar-refractivity contribution in [1.82, 2.24) is 10.0 Å². The first-order valence-corrected chi connectivity index (χ1v) is 10.0. The average molecular weight is 385 g/mol. The summed E-state index contributed by atoms with van der Waals surface area (Å²) in [5.41, 5.74) is 10.3. The Kier molecular flexibility index (Phi) is 11.2. The third kappa shape index (κ3) is 14.1. The number of ether oxygens (including phenoxy) is 1. The zero-order valence-corrected chi connectivity index (χ0v) is 15.1. The molecule has 24 heavy (non-hydrogen) atoms. The third-order valence-electron chi connectivity index (χ3n) is 2.58. The predicted octanol–water partition coefficient (Wildman–Crippen LogP) is -2.27. The smallest absolute Gasteiger partial charge is 0.323 e. The van der Waals surface area contributed by atoms with Gasteiger partial charge in [-0.1, -0.05) is 0 Å². The number of nitrogens with zero attached hydrogens (tertiary/aromatic N) is 1. The molecule has 0 rings (SSSR count). The second kappa shape index (κ2) is 12.0. The highest BCUT2D eigenvalue weighted by molar-refractivity contribution is 8.36. The molecule has 0 heterocycles. The Morgan fingerprint density at radius 3 is 2.46 bits per heavy atom. The van der Waals surface area contributed by atoms with Crippen molar-refractivity contribution in [2.24, 2.45) is 16.5 Å². The molecule has 0 aromatic heterocycles. The van der Waals surface area contributed by atoms with E-state index in [2.05, 4.69) is 10.3 Å². The Morgan fingerprint density at radius 2 is 1.92 bits per heavy atom. The van der Waals surface area contributed by atoms with Crippen LogP contribution in [0.1, 0.15) is 19.3 Å². The maximum atomic E-state index is 11.5. The number of carboxylic acids is 1. The molecule has 140 valence electrons. The Hall–Kier alpha value is -1.49. The Balaban J connectivity index is 3.82. The maximum Gasteiger partial charge on any atom is 0.323 e. The minimum atomic E-state index is -3.78. The van der Waals surface area contributed by atoms with Crippen molar-refractivity contribution >= 4 is 35.9 Å². The topological polar surface area (TPSA) is 186 Å². The normalized spacial score (nSPS) is 12.4. The van der Waals surface area contributed by atoms with Gasteiger partial charge in [-0.3, -0.25) is 14.6 Å². The van der Waals surface area contributed by atoms with Gasteiger partial charge in [0.2, 0.25) is 15.6 Å². The quantitative estimate of drug-likeness (QED) is 0.102. The molecule has 1 amide bonds. The molecule has 0 aromatic rings. The van der Waals surface area contributed by atoms with E-state index in [-0.39, 0.29) is 19.1 Å². The van der Waals surface area contributed by atoms with Crippen molar-refractivity contribution < 1.29 is 27.9 Å². The molecule has 0 saturated heterocycles. The average Bonchev–Trinajstić information content (AvgIpc) is 2.44. The largest absolute Gasteiger partial charge is 0.480 e. The second-order valence-electron chi connectivity index (χ2n) is 4.78. The number of carboxylic acid groups (broad SMARTS) is 1. The number of aliphatic carboxylic acids is 1. The van der Waals surface area contributed by atoms with Crippen LogP contribution in [0.15, 0.2) is 4.99 Å². The first-order chi connectivity index (χ1) is 11.1. The first kappa shape index (κ1) is 22.5. The lowest BCUT2D eigenvalue weighted by Crippen LogP contribution is -2.47. The van der Waals surface area contributed by atoms with E-state index in [1.807, 2.05) is 4.72 Å². The third-order valence-corrected chi connectivity index (χ3v) is 3.60. The van der Waals surface area contributed by atoms with Gasteiger partial charge in [0.05, 0.1) is 0 Å². The highest BCUT2D eigenvalue weighted by Crippen LogP contribution is 1.98. The molecule has 0 aliphatic rings. The number of rotatable bonds is 13. The van der Waals surface area contributed by atoms with Gasteiger partial charge in [0.15, 0.2) is 5.96 Å². The summed E-state index contributed by atoms with van der Waals surface area (Å²) in [6.45, 7) is 0.262. The highest BCUT2D eigenvalue weighted by atomic mass is 32.7. The lowest BCUT2D eigenvalue weighted by Gasteiger charge is -2.13. The van der Waals surface area contributed by atoms with E-state index in [1.165, 1.54) is 8.44 Å². The molecule has 0 fully saturated rings. The highest BCUT2D eigenvalue weighted by Gasteiger charge is 2.21. The van der Waals surface area contributed by atoms with Crippen LogP contribution in [0.4, 0.5) is 0 Å². The van der Waals surface area contributed by atoms with E-state index in [0.717, 1.165) is 19.3 Å². The van der Waals surface area contributed by atoms with Crippen molar-refractivity contribution in [2.45, 2.75) is 25.3 Å². The monoisotopic (exact) mass is 385 g/mol. The minimum absolute atomic E-state index is 0.0477. The number of aliphatic imine (C=N–C) groups is 1. The fourth-order valence-electron chi connectivity index (χ4n) is 1.51. The van der Waals surface area contributed by atoms with E-state index in [0.29, 0.717) is 13.2 Å². The van der Waals surface area contributed by atoms with Crippen LogP contribution in [0, 0.1) is 0 Å². The molecule has 11 nitrogen and oxygen atoms in total. The van der Waals surface area contributed by atoms with Crippen molar-refractivity contribution in [1.29, 1.82) is 0 Å². The summed E-state index contributed by atoms with van der Waals surface area (Å²) in [4.78, 5) is 26.2. The van der Waals surface area contributed by atoms with Crippen LogP contribution < -0.4 is 21.5 Å². The number of carbonyl (C=O) groups is 2. The lowest BCUT2D eigenvalue weighted by atomic mass is 10.2. The van der Waals surface area contributed by atoms with E-state index in [4.69, 9.17) is 21.3 Å². The van der Waals surface area contributed by atoms with Gasteiger partial charge in [0.1, 0.15) is 12.6 Å². The summed E-state index contributed by atoms with van der Waals surface area (Å²) >= 11 is 0. The molecule has 0 aromatic carbocycles. The number of guanidine groups is 1.